The van der Waals surface area contributed by atoms with Crippen LogP contribution in [0.15, 0.2) is 30.3 Å². The van der Waals surface area contributed by atoms with Crippen LogP contribution < -0.4 is 5.32 Å². The van der Waals surface area contributed by atoms with Gasteiger partial charge in [-0.15, -0.1) is 0 Å². The standard InChI is InChI=1S/C13H20BrN/c1-12(2,14)10-15-13(3,4)11-8-6-5-7-9-11/h5-9,15H,10H2,1-4H3. The molecule has 0 spiro atoms. The monoisotopic (exact) mass is 269 g/mol. The number of benzene rings is 1. The van der Waals surface area contributed by atoms with E-state index in [0.717, 1.165) is 6.54 Å². The van der Waals surface area contributed by atoms with Gasteiger partial charge >= 0.3 is 0 Å². The minimum atomic E-state index is 0.0201. The van der Waals surface area contributed by atoms with Crippen LogP contribution in [0.4, 0.5) is 0 Å². The first kappa shape index (κ1) is 12.7. The van der Waals surface area contributed by atoms with Gasteiger partial charge in [-0.1, -0.05) is 46.3 Å². The Kier molecular flexibility index (Phi) is 3.96. The summed E-state index contributed by atoms with van der Waals surface area (Å²) < 4.78 is 0.138. The molecule has 84 valence electrons. The molecule has 0 bridgehead atoms. The lowest BCUT2D eigenvalue weighted by Gasteiger charge is -2.30. The fourth-order valence-electron chi connectivity index (χ4n) is 1.39. The molecule has 1 aromatic carbocycles. The van der Waals surface area contributed by atoms with E-state index in [0.29, 0.717) is 0 Å². The highest BCUT2D eigenvalue weighted by atomic mass is 79.9. The number of hydrogen-bond donors (Lipinski definition) is 1. The van der Waals surface area contributed by atoms with Crippen LogP contribution >= 0.6 is 15.9 Å². The van der Waals surface area contributed by atoms with Crippen molar-refractivity contribution in [3.8, 4) is 0 Å². The molecule has 1 aromatic rings. The van der Waals surface area contributed by atoms with Gasteiger partial charge in [0.15, 0.2) is 0 Å². The van der Waals surface area contributed by atoms with Gasteiger partial charge in [-0.05, 0) is 33.3 Å². The highest BCUT2D eigenvalue weighted by molar-refractivity contribution is 9.10. The minimum absolute atomic E-state index is 0.0201. The predicted octanol–water partition coefficient (Wildman–Crippen LogP) is 3.68. The minimum Gasteiger partial charge on any atom is -0.306 e. The third kappa shape index (κ3) is 4.35. The molecule has 0 unspecified atom stereocenters. The van der Waals surface area contributed by atoms with E-state index in [2.05, 4.69) is 73.2 Å². The molecular weight excluding hydrogens is 250 g/mol. The third-order valence-electron chi connectivity index (χ3n) is 2.45. The van der Waals surface area contributed by atoms with E-state index in [-0.39, 0.29) is 9.86 Å². The Bertz CT molecular complexity index is 298. The topological polar surface area (TPSA) is 12.0 Å². The van der Waals surface area contributed by atoms with Crippen molar-refractivity contribution in [3.63, 3.8) is 0 Å². The second kappa shape index (κ2) is 4.67. The van der Waals surface area contributed by atoms with Crippen LogP contribution in [0.25, 0.3) is 0 Å². The quantitative estimate of drug-likeness (QED) is 0.823. The van der Waals surface area contributed by atoms with Gasteiger partial charge in [0.25, 0.3) is 0 Å². The molecule has 0 amide bonds. The van der Waals surface area contributed by atoms with Crippen LogP contribution in [-0.2, 0) is 5.54 Å². The number of rotatable bonds is 4. The van der Waals surface area contributed by atoms with Gasteiger partial charge < -0.3 is 5.32 Å². The lowest BCUT2D eigenvalue weighted by Crippen LogP contribution is -2.42. The molecule has 0 aliphatic rings. The average molecular weight is 270 g/mol. The van der Waals surface area contributed by atoms with E-state index in [9.17, 15) is 0 Å². The van der Waals surface area contributed by atoms with Crippen molar-refractivity contribution in [3.05, 3.63) is 35.9 Å². The molecule has 1 N–H and O–H groups in total. The lowest BCUT2D eigenvalue weighted by atomic mass is 9.94. The van der Waals surface area contributed by atoms with Gasteiger partial charge in [0.2, 0.25) is 0 Å². The van der Waals surface area contributed by atoms with Gasteiger partial charge in [-0.3, -0.25) is 0 Å². The van der Waals surface area contributed by atoms with Crippen molar-refractivity contribution in [1.29, 1.82) is 0 Å². The van der Waals surface area contributed by atoms with E-state index < -0.39 is 0 Å². The second-order valence-corrected chi connectivity index (χ2v) is 7.21. The Morgan fingerprint density at radius 3 is 2.07 bits per heavy atom. The first-order valence-electron chi connectivity index (χ1n) is 5.31. The summed E-state index contributed by atoms with van der Waals surface area (Å²) in [6.07, 6.45) is 0. The molecule has 15 heavy (non-hydrogen) atoms. The van der Waals surface area contributed by atoms with Gasteiger partial charge in [-0.25, -0.2) is 0 Å². The van der Waals surface area contributed by atoms with Crippen LogP contribution in [0.3, 0.4) is 0 Å². The molecule has 0 radical (unpaired) electrons. The Morgan fingerprint density at radius 1 is 1.07 bits per heavy atom. The Balaban J connectivity index is 2.68. The maximum absolute atomic E-state index is 3.64. The fraction of sp³-hybridized carbons (Fsp3) is 0.538. The normalized spacial score (nSPS) is 12.9. The molecule has 2 heteroatoms. The van der Waals surface area contributed by atoms with Crippen molar-refractivity contribution in [2.45, 2.75) is 37.6 Å². The zero-order valence-electron chi connectivity index (χ0n) is 9.97. The Hall–Kier alpha value is -0.340. The molecule has 0 fully saturated rings. The Labute approximate surface area is 101 Å². The van der Waals surface area contributed by atoms with Gasteiger partial charge in [0.05, 0.1) is 0 Å². The summed E-state index contributed by atoms with van der Waals surface area (Å²) in [5.41, 5.74) is 1.34. The van der Waals surface area contributed by atoms with E-state index in [1.54, 1.807) is 0 Å². The van der Waals surface area contributed by atoms with Crippen molar-refractivity contribution in [1.82, 2.24) is 5.32 Å². The van der Waals surface area contributed by atoms with Crippen LogP contribution in [0.5, 0.6) is 0 Å². The molecular formula is C13H20BrN. The van der Waals surface area contributed by atoms with Crippen LogP contribution in [0.1, 0.15) is 33.3 Å². The zero-order chi connectivity index (χ0) is 11.5. The van der Waals surface area contributed by atoms with Crippen molar-refractivity contribution in [2.75, 3.05) is 6.54 Å². The summed E-state index contributed by atoms with van der Waals surface area (Å²) in [6.45, 7) is 9.69. The summed E-state index contributed by atoms with van der Waals surface area (Å²) in [4.78, 5) is 0. The van der Waals surface area contributed by atoms with Crippen LogP contribution in [0.2, 0.25) is 0 Å². The van der Waals surface area contributed by atoms with Gasteiger partial charge in [-0.2, -0.15) is 0 Å². The zero-order valence-corrected chi connectivity index (χ0v) is 11.6. The van der Waals surface area contributed by atoms with Crippen molar-refractivity contribution < 1.29 is 0 Å². The van der Waals surface area contributed by atoms with E-state index in [1.807, 2.05) is 6.07 Å². The van der Waals surface area contributed by atoms with E-state index >= 15 is 0 Å². The summed E-state index contributed by atoms with van der Waals surface area (Å²) >= 11 is 3.64. The van der Waals surface area contributed by atoms with Gasteiger partial charge in [0.1, 0.15) is 0 Å². The van der Waals surface area contributed by atoms with Crippen molar-refractivity contribution in [2.24, 2.45) is 0 Å². The molecule has 0 heterocycles. The molecule has 0 atom stereocenters. The largest absolute Gasteiger partial charge is 0.306 e. The first-order chi connectivity index (χ1) is 6.81. The lowest BCUT2D eigenvalue weighted by molar-refractivity contribution is 0.387. The van der Waals surface area contributed by atoms with Gasteiger partial charge in [0, 0.05) is 16.4 Å². The van der Waals surface area contributed by atoms with E-state index in [1.165, 1.54) is 5.56 Å². The highest BCUT2D eigenvalue weighted by Gasteiger charge is 2.22. The summed E-state index contributed by atoms with van der Waals surface area (Å²) in [6, 6.07) is 10.5. The summed E-state index contributed by atoms with van der Waals surface area (Å²) in [7, 11) is 0. The molecule has 0 aromatic heterocycles. The predicted molar refractivity (Wildman–Crippen MR) is 70.5 cm³/mol. The molecule has 0 saturated carbocycles. The molecule has 1 nitrogen and oxygen atoms in total. The second-order valence-electron chi connectivity index (χ2n) is 5.06. The number of alkyl halides is 1. The number of halogens is 1. The summed E-state index contributed by atoms with van der Waals surface area (Å²) in [5, 5.41) is 3.57. The maximum Gasteiger partial charge on any atom is 0.0377 e. The van der Waals surface area contributed by atoms with Crippen LogP contribution in [0, 0.1) is 0 Å². The fourth-order valence-corrected chi connectivity index (χ4v) is 1.53. The SMILES string of the molecule is CC(C)(Br)CNC(C)(C)c1ccccc1. The number of hydrogen-bond acceptors (Lipinski definition) is 1. The highest BCUT2D eigenvalue weighted by Crippen LogP contribution is 2.22. The maximum atomic E-state index is 3.64. The Morgan fingerprint density at radius 2 is 1.60 bits per heavy atom. The van der Waals surface area contributed by atoms with Crippen LogP contribution in [-0.4, -0.2) is 10.9 Å². The smallest absolute Gasteiger partial charge is 0.0377 e. The first-order valence-corrected chi connectivity index (χ1v) is 6.10. The number of nitrogens with one attached hydrogen (secondary N) is 1. The molecule has 1 rings (SSSR count). The summed E-state index contributed by atoms with van der Waals surface area (Å²) in [5.74, 6) is 0. The van der Waals surface area contributed by atoms with Crippen molar-refractivity contribution >= 4 is 15.9 Å². The molecule has 0 aliphatic heterocycles. The molecule has 0 saturated heterocycles. The third-order valence-corrected chi connectivity index (χ3v) is 2.73. The molecule has 0 aliphatic carbocycles. The van der Waals surface area contributed by atoms with E-state index in [4.69, 9.17) is 0 Å². The average Bonchev–Trinajstić information content (AvgIpc) is 2.16.